The molecule has 2 rings (SSSR count). The second kappa shape index (κ2) is 4.96. The molecule has 0 radical (unpaired) electrons. The van der Waals surface area contributed by atoms with Crippen LogP contribution in [0.1, 0.15) is 16.8 Å². The molecular formula is C12H12ClNO4. The van der Waals surface area contributed by atoms with Gasteiger partial charge in [-0.2, -0.15) is 0 Å². The monoisotopic (exact) mass is 269 g/mol. The fraction of sp³-hybridized carbons (Fsp3) is 0.333. The summed E-state index contributed by atoms with van der Waals surface area (Å²) in [6, 6.07) is 4.65. The number of hydrogen-bond acceptors (Lipinski definition) is 4. The summed E-state index contributed by atoms with van der Waals surface area (Å²) in [6.45, 7) is 0.927. The van der Waals surface area contributed by atoms with Crippen molar-refractivity contribution in [3.8, 4) is 5.75 Å². The summed E-state index contributed by atoms with van der Waals surface area (Å²) in [4.78, 5) is 21.4. The van der Waals surface area contributed by atoms with Crippen molar-refractivity contribution in [3.63, 3.8) is 0 Å². The minimum absolute atomic E-state index is 0.0915. The van der Waals surface area contributed by atoms with E-state index in [1.165, 1.54) is 6.07 Å². The Balaban J connectivity index is 2.17. The lowest BCUT2D eigenvalue weighted by atomic mass is 9.92. The first-order chi connectivity index (χ1) is 8.54. The SMILES string of the molecule is O=Cc1ccc(OC2(CC(=O)O)CNC2)c(Cl)c1. The molecule has 1 aromatic rings. The Morgan fingerprint density at radius 1 is 1.56 bits per heavy atom. The molecular weight excluding hydrogens is 258 g/mol. The Morgan fingerprint density at radius 2 is 2.28 bits per heavy atom. The van der Waals surface area contributed by atoms with Gasteiger partial charge in [-0.3, -0.25) is 9.59 Å². The number of hydrogen-bond donors (Lipinski definition) is 2. The number of carbonyl (C=O) groups excluding carboxylic acids is 1. The van der Waals surface area contributed by atoms with Gasteiger partial charge in [0.05, 0.1) is 11.4 Å². The number of carboxylic acid groups (broad SMARTS) is 1. The zero-order valence-electron chi connectivity index (χ0n) is 9.48. The summed E-state index contributed by atoms with van der Waals surface area (Å²) in [7, 11) is 0. The summed E-state index contributed by atoms with van der Waals surface area (Å²) >= 11 is 5.98. The summed E-state index contributed by atoms with van der Waals surface area (Å²) in [6.07, 6.45) is 0.597. The highest BCUT2D eigenvalue weighted by atomic mass is 35.5. The van der Waals surface area contributed by atoms with E-state index < -0.39 is 11.6 Å². The van der Waals surface area contributed by atoms with Crippen LogP contribution in [0.25, 0.3) is 0 Å². The molecule has 1 aromatic carbocycles. The zero-order valence-corrected chi connectivity index (χ0v) is 10.2. The number of carbonyl (C=O) groups is 2. The van der Waals surface area contributed by atoms with E-state index >= 15 is 0 Å². The second-order valence-corrected chi connectivity index (χ2v) is 4.67. The first-order valence-corrected chi connectivity index (χ1v) is 5.79. The summed E-state index contributed by atoms with van der Waals surface area (Å²) < 4.78 is 5.69. The van der Waals surface area contributed by atoms with Gasteiger partial charge in [-0.05, 0) is 18.2 Å². The molecule has 0 bridgehead atoms. The average molecular weight is 270 g/mol. The van der Waals surface area contributed by atoms with Crippen molar-refractivity contribution in [1.29, 1.82) is 0 Å². The molecule has 1 aliphatic rings. The Kier molecular flexibility index (Phi) is 3.54. The highest BCUT2D eigenvalue weighted by Gasteiger charge is 2.42. The molecule has 5 nitrogen and oxygen atoms in total. The fourth-order valence-electron chi connectivity index (χ4n) is 1.82. The average Bonchev–Trinajstić information content (AvgIpc) is 2.28. The van der Waals surface area contributed by atoms with Crippen molar-refractivity contribution in [2.75, 3.05) is 13.1 Å². The van der Waals surface area contributed by atoms with Gasteiger partial charge in [0, 0.05) is 18.7 Å². The van der Waals surface area contributed by atoms with Gasteiger partial charge in [0.2, 0.25) is 0 Å². The number of ether oxygens (including phenoxy) is 1. The van der Waals surface area contributed by atoms with Gasteiger partial charge in [-0.25, -0.2) is 0 Å². The maximum Gasteiger partial charge on any atom is 0.307 e. The molecule has 96 valence electrons. The number of nitrogens with one attached hydrogen (secondary N) is 1. The third-order valence-electron chi connectivity index (χ3n) is 2.79. The molecule has 0 saturated carbocycles. The Labute approximate surface area is 109 Å². The standard InChI is InChI=1S/C12H12ClNO4/c13-9-3-8(5-15)1-2-10(9)18-12(4-11(16)17)6-14-7-12/h1-3,5,14H,4,6-7H2,(H,16,17). The van der Waals surface area contributed by atoms with Crippen LogP contribution in [0.15, 0.2) is 18.2 Å². The quantitative estimate of drug-likeness (QED) is 0.789. The predicted octanol–water partition coefficient (Wildman–Crippen LogP) is 1.35. The molecule has 1 heterocycles. The topological polar surface area (TPSA) is 75.6 Å². The van der Waals surface area contributed by atoms with Crippen LogP contribution in [0.3, 0.4) is 0 Å². The molecule has 18 heavy (non-hydrogen) atoms. The van der Waals surface area contributed by atoms with Crippen molar-refractivity contribution in [2.24, 2.45) is 0 Å². The van der Waals surface area contributed by atoms with Gasteiger partial charge in [0.25, 0.3) is 0 Å². The van der Waals surface area contributed by atoms with Gasteiger partial charge < -0.3 is 15.2 Å². The van der Waals surface area contributed by atoms with E-state index in [-0.39, 0.29) is 6.42 Å². The van der Waals surface area contributed by atoms with Crippen molar-refractivity contribution >= 4 is 23.9 Å². The van der Waals surface area contributed by atoms with Gasteiger partial charge in [-0.15, -0.1) is 0 Å². The molecule has 0 atom stereocenters. The van der Waals surface area contributed by atoms with E-state index in [1.54, 1.807) is 12.1 Å². The third kappa shape index (κ3) is 2.63. The minimum atomic E-state index is -0.919. The second-order valence-electron chi connectivity index (χ2n) is 4.27. The zero-order chi connectivity index (χ0) is 13.2. The first kappa shape index (κ1) is 12.9. The smallest absolute Gasteiger partial charge is 0.307 e. The van der Waals surface area contributed by atoms with Crippen molar-refractivity contribution in [3.05, 3.63) is 28.8 Å². The number of rotatable bonds is 5. The van der Waals surface area contributed by atoms with Gasteiger partial charge in [0.15, 0.2) is 0 Å². The third-order valence-corrected chi connectivity index (χ3v) is 3.08. The Bertz CT molecular complexity index is 485. The normalized spacial score (nSPS) is 16.7. The van der Waals surface area contributed by atoms with E-state index in [2.05, 4.69) is 5.32 Å². The Hall–Kier alpha value is -1.59. The number of carboxylic acids is 1. The maximum absolute atomic E-state index is 10.8. The molecule has 1 aliphatic heterocycles. The maximum atomic E-state index is 10.8. The highest BCUT2D eigenvalue weighted by molar-refractivity contribution is 6.32. The lowest BCUT2D eigenvalue weighted by Crippen LogP contribution is -2.64. The molecule has 2 N–H and O–H groups in total. The van der Waals surface area contributed by atoms with Crippen molar-refractivity contribution in [1.82, 2.24) is 5.32 Å². The number of aliphatic carboxylic acids is 1. The van der Waals surface area contributed by atoms with Gasteiger partial charge in [-0.1, -0.05) is 11.6 Å². The molecule has 1 saturated heterocycles. The first-order valence-electron chi connectivity index (χ1n) is 5.41. The van der Waals surface area contributed by atoms with E-state index in [1.807, 2.05) is 0 Å². The predicted molar refractivity (Wildman–Crippen MR) is 65.3 cm³/mol. The van der Waals surface area contributed by atoms with E-state index in [9.17, 15) is 9.59 Å². The number of aldehydes is 1. The Morgan fingerprint density at radius 3 is 2.72 bits per heavy atom. The van der Waals surface area contributed by atoms with Gasteiger partial charge >= 0.3 is 5.97 Å². The lowest BCUT2D eigenvalue weighted by Gasteiger charge is -2.41. The van der Waals surface area contributed by atoms with Crippen molar-refractivity contribution in [2.45, 2.75) is 12.0 Å². The molecule has 0 aliphatic carbocycles. The number of halogens is 1. The fourth-order valence-corrected chi connectivity index (χ4v) is 2.05. The molecule has 6 heteroatoms. The van der Waals surface area contributed by atoms with E-state index in [0.29, 0.717) is 35.7 Å². The van der Waals surface area contributed by atoms with Crippen molar-refractivity contribution < 1.29 is 19.4 Å². The van der Waals surface area contributed by atoms with Crippen LogP contribution in [0, 0.1) is 0 Å². The molecule has 0 spiro atoms. The number of benzene rings is 1. The van der Waals surface area contributed by atoms with Gasteiger partial charge in [0.1, 0.15) is 17.6 Å². The van der Waals surface area contributed by atoms with Crippen LogP contribution in [0.4, 0.5) is 0 Å². The summed E-state index contributed by atoms with van der Waals surface area (Å²) in [5.74, 6) is -0.526. The summed E-state index contributed by atoms with van der Waals surface area (Å²) in [5.41, 5.74) is -0.301. The van der Waals surface area contributed by atoms with Crippen LogP contribution in [-0.4, -0.2) is 36.1 Å². The van der Waals surface area contributed by atoms with Crippen LogP contribution in [0.5, 0.6) is 5.75 Å². The van der Waals surface area contributed by atoms with E-state index in [0.717, 1.165) is 0 Å². The minimum Gasteiger partial charge on any atom is -0.482 e. The van der Waals surface area contributed by atoms with Crippen LogP contribution >= 0.6 is 11.6 Å². The van der Waals surface area contributed by atoms with Crippen LogP contribution in [0.2, 0.25) is 5.02 Å². The molecule has 0 unspecified atom stereocenters. The highest BCUT2D eigenvalue weighted by Crippen LogP contribution is 2.31. The van der Waals surface area contributed by atoms with Crippen LogP contribution in [-0.2, 0) is 4.79 Å². The molecule has 1 fully saturated rings. The molecule has 0 amide bonds. The van der Waals surface area contributed by atoms with E-state index in [4.69, 9.17) is 21.4 Å². The lowest BCUT2D eigenvalue weighted by molar-refractivity contribution is -0.143. The summed E-state index contributed by atoms with van der Waals surface area (Å²) in [5, 5.41) is 12.1. The van der Waals surface area contributed by atoms with Crippen LogP contribution < -0.4 is 10.1 Å². The molecule has 0 aromatic heterocycles. The largest absolute Gasteiger partial charge is 0.482 e.